The first-order valence-electron chi connectivity index (χ1n) is 13.8. The van der Waals surface area contributed by atoms with Crippen molar-refractivity contribution < 1.29 is 23.8 Å². The molecule has 4 atom stereocenters. The van der Waals surface area contributed by atoms with Crippen LogP contribution in [0.5, 0.6) is 11.5 Å². The van der Waals surface area contributed by atoms with Gasteiger partial charge in [-0.15, -0.1) is 11.3 Å². The molecule has 6 nitrogen and oxygen atoms in total. The number of hydrogen-bond acceptors (Lipinski definition) is 6. The zero-order valence-electron chi connectivity index (χ0n) is 23.0. The van der Waals surface area contributed by atoms with Crippen LogP contribution in [0.25, 0.3) is 0 Å². The molecule has 7 heteroatoms. The fraction of sp³-hybridized carbons (Fsp3) is 0.438. The summed E-state index contributed by atoms with van der Waals surface area (Å²) in [7, 11) is 3.32. The summed E-state index contributed by atoms with van der Waals surface area (Å²) in [5, 5.41) is 3.65. The van der Waals surface area contributed by atoms with Crippen molar-refractivity contribution in [3.63, 3.8) is 0 Å². The molecule has 39 heavy (non-hydrogen) atoms. The van der Waals surface area contributed by atoms with Gasteiger partial charge < -0.3 is 19.5 Å². The molecule has 0 saturated heterocycles. The van der Waals surface area contributed by atoms with E-state index in [0.29, 0.717) is 46.2 Å². The predicted octanol–water partition coefficient (Wildman–Crippen LogP) is 6.76. The lowest BCUT2D eigenvalue weighted by atomic mass is 9.54. The minimum Gasteiger partial charge on any atom is -0.497 e. The topological polar surface area (TPSA) is 73.9 Å². The minimum absolute atomic E-state index is 0.123. The van der Waals surface area contributed by atoms with Crippen LogP contribution in [0, 0.1) is 11.8 Å². The van der Waals surface area contributed by atoms with E-state index in [4.69, 9.17) is 14.2 Å². The maximum absolute atomic E-state index is 13.4. The molecule has 0 spiro atoms. The third kappa shape index (κ3) is 4.22. The highest BCUT2D eigenvalue weighted by Crippen LogP contribution is 2.63. The molecule has 1 saturated carbocycles. The van der Waals surface area contributed by atoms with Crippen molar-refractivity contribution in [2.45, 2.75) is 57.3 Å². The molecule has 3 aliphatic rings. The van der Waals surface area contributed by atoms with Gasteiger partial charge in [0.2, 0.25) is 0 Å². The molecular formula is C32H35NO5S. The van der Waals surface area contributed by atoms with E-state index in [0.717, 1.165) is 43.4 Å². The van der Waals surface area contributed by atoms with Gasteiger partial charge in [-0.3, -0.25) is 4.79 Å². The Balaban J connectivity index is 1.33. The number of thiophene rings is 1. The van der Waals surface area contributed by atoms with Crippen molar-refractivity contribution in [1.29, 1.82) is 0 Å². The number of carbonyl (C=O) groups is 2. The minimum atomic E-state index is -0.342. The summed E-state index contributed by atoms with van der Waals surface area (Å²) in [5.41, 5.74) is 4.96. The molecule has 1 heterocycles. The van der Waals surface area contributed by atoms with E-state index in [2.05, 4.69) is 30.4 Å². The zero-order chi connectivity index (χ0) is 27.3. The van der Waals surface area contributed by atoms with Crippen LogP contribution in [-0.4, -0.2) is 32.7 Å². The van der Waals surface area contributed by atoms with E-state index in [1.807, 2.05) is 6.92 Å². The Morgan fingerprint density at radius 2 is 1.79 bits per heavy atom. The van der Waals surface area contributed by atoms with Crippen molar-refractivity contribution >= 4 is 28.2 Å². The van der Waals surface area contributed by atoms with Gasteiger partial charge in [0.25, 0.3) is 5.91 Å². The largest absolute Gasteiger partial charge is 0.497 e. The average molecular weight is 546 g/mol. The average Bonchev–Trinajstić information content (AvgIpc) is 3.46. The number of carbonyl (C=O) groups excluding carboxylic acids is 2. The number of nitrogens with one attached hydrogen (secondary N) is 1. The van der Waals surface area contributed by atoms with E-state index in [1.165, 1.54) is 16.0 Å². The lowest BCUT2D eigenvalue weighted by Gasteiger charge is -2.49. The smallest absolute Gasteiger partial charge is 0.341 e. The second-order valence-corrected chi connectivity index (χ2v) is 12.3. The fourth-order valence-electron chi connectivity index (χ4n) is 7.52. The Morgan fingerprint density at radius 3 is 2.51 bits per heavy atom. The summed E-state index contributed by atoms with van der Waals surface area (Å²) in [5.74, 6) is 2.60. The number of anilines is 1. The monoisotopic (exact) mass is 545 g/mol. The Hall–Kier alpha value is -3.32. The van der Waals surface area contributed by atoms with Crippen molar-refractivity contribution in [3.8, 4) is 11.5 Å². The van der Waals surface area contributed by atoms with Crippen molar-refractivity contribution in [3.05, 3.63) is 75.2 Å². The van der Waals surface area contributed by atoms with Crippen LogP contribution in [0.3, 0.4) is 0 Å². The molecular weight excluding hydrogens is 510 g/mol. The third-order valence-corrected chi connectivity index (χ3v) is 10.5. The van der Waals surface area contributed by atoms with Crippen LogP contribution in [0.15, 0.2) is 42.5 Å². The van der Waals surface area contributed by atoms with Crippen LogP contribution >= 0.6 is 11.3 Å². The van der Waals surface area contributed by atoms with E-state index < -0.39 is 0 Å². The number of aryl methyl sites for hydroxylation is 1. The van der Waals surface area contributed by atoms with Crippen molar-refractivity contribution in [1.82, 2.24) is 0 Å². The molecule has 0 unspecified atom stereocenters. The summed E-state index contributed by atoms with van der Waals surface area (Å²) in [6.45, 7) is 4.46. The van der Waals surface area contributed by atoms with Gasteiger partial charge in [-0.1, -0.05) is 13.0 Å². The highest BCUT2D eigenvalue weighted by molar-refractivity contribution is 7.17. The van der Waals surface area contributed by atoms with Gasteiger partial charge in [0, 0.05) is 10.4 Å². The van der Waals surface area contributed by atoms with Crippen LogP contribution in [-0.2, 0) is 23.0 Å². The predicted molar refractivity (Wildman–Crippen MR) is 153 cm³/mol. The van der Waals surface area contributed by atoms with Crippen LogP contribution in [0.4, 0.5) is 5.00 Å². The zero-order valence-corrected chi connectivity index (χ0v) is 23.8. The van der Waals surface area contributed by atoms with Crippen LogP contribution < -0.4 is 14.8 Å². The molecule has 0 aliphatic heterocycles. The van der Waals surface area contributed by atoms with Gasteiger partial charge >= 0.3 is 5.97 Å². The van der Waals surface area contributed by atoms with Gasteiger partial charge in [0.15, 0.2) is 0 Å². The van der Waals surface area contributed by atoms with E-state index in [1.54, 1.807) is 49.8 Å². The first-order chi connectivity index (χ1) is 18.9. The summed E-state index contributed by atoms with van der Waals surface area (Å²) in [6.07, 6.45) is 5.24. The molecule has 1 fully saturated rings. The van der Waals surface area contributed by atoms with Crippen molar-refractivity contribution in [2.75, 3.05) is 26.1 Å². The van der Waals surface area contributed by atoms with Gasteiger partial charge in [0.05, 0.1) is 26.4 Å². The highest BCUT2D eigenvalue weighted by atomic mass is 32.1. The lowest BCUT2D eigenvalue weighted by molar-refractivity contribution is 0.0519. The third-order valence-electron chi connectivity index (χ3n) is 9.34. The molecule has 2 aromatic carbocycles. The maximum atomic E-state index is 13.4. The summed E-state index contributed by atoms with van der Waals surface area (Å²) in [4.78, 5) is 27.8. The lowest BCUT2D eigenvalue weighted by Crippen LogP contribution is -2.43. The molecule has 1 amide bonds. The summed E-state index contributed by atoms with van der Waals surface area (Å²) >= 11 is 1.55. The van der Waals surface area contributed by atoms with E-state index in [-0.39, 0.29) is 17.3 Å². The molecule has 0 radical (unpaired) electrons. The van der Waals surface area contributed by atoms with Gasteiger partial charge in [-0.05, 0) is 115 Å². The van der Waals surface area contributed by atoms with Crippen LogP contribution in [0.2, 0.25) is 0 Å². The molecule has 3 aliphatic carbocycles. The first-order valence-corrected chi connectivity index (χ1v) is 14.6. The number of rotatable bonds is 6. The number of fused-ring (bicyclic) bond motifs is 7. The molecule has 3 aromatic rings. The van der Waals surface area contributed by atoms with Gasteiger partial charge in [-0.25, -0.2) is 4.79 Å². The molecule has 1 aromatic heterocycles. The molecule has 0 bridgehead atoms. The molecule has 1 N–H and O–H groups in total. The van der Waals surface area contributed by atoms with E-state index >= 15 is 0 Å². The van der Waals surface area contributed by atoms with E-state index in [9.17, 15) is 9.59 Å². The quantitative estimate of drug-likeness (QED) is 0.346. The maximum Gasteiger partial charge on any atom is 0.341 e. The number of methoxy groups -OCH3 is 2. The summed E-state index contributed by atoms with van der Waals surface area (Å²) in [6, 6.07) is 13.6. The Labute approximate surface area is 233 Å². The second-order valence-electron chi connectivity index (χ2n) is 11.1. The Bertz CT molecular complexity index is 1430. The number of ether oxygens (including phenoxy) is 3. The number of amides is 1. The highest BCUT2D eigenvalue weighted by Gasteiger charge is 2.55. The number of benzene rings is 2. The normalized spacial score (nSPS) is 24.6. The Kier molecular flexibility index (Phi) is 6.66. The van der Waals surface area contributed by atoms with Gasteiger partial charge in [-0.2, -0.15) is 0 Å². The fourth-order valence-corrected chi connectivity index (χ4v) is 8.90. The molecule has 6 rings (SSSR count). The SMILES string of the molecule is CCOC(=O)c1c(NC(=O)c2ccc(OC)cc2)sc2c1[C@@]1(C)CC[C@H]3c4ccc(OC)cc4CC[C@@H]3[C@@H]1C2. The first kappa shape index (κ1) is 25.9. The van der Waals surface area contributed by atoms with Gasteiger partial charge in [0.1, 0.15) is 16.5 Å². The van der Waals surface area contributed by atoms with Crippen LogP contribution in [0.1, 0.15) is 81.3 Å². The Morgan fingerprint density at radius 1 is 1.05 bits per heavy atom. The molecule has 204 valence electrons. The summed E-state index contributed by atoms with van der Waals surface area (Å²) < 4.78 is 16.3. The standard InChI is InChI=1S/C32H35NO5S/c1-5-38-31(35)27-28-26(39-30(27)33-29(34)18-6-9-20(36-3)10-7-18)17-25-24-12-8-19-16-21(37-4)11-13-22(19)23(24)14-15-32(25,28)2/h6-7,9-11,13,16,23-25H,5,8,12,14-15,17H2,1-4H3,(H,33,34)/t23-,24-,25-,32-/m0/s1. The number of esters is 1. The van der Waals surface area contributed by atoms with Crippen molar-refractivity contribution in [2.24, 2.45) is 11.8 Å². The second kappa shape index (κ2) is 10.0. The number of hydrogen-bond donors (Lipinski definition) is 1.